The number of rotatable bonds is 6. The summed E-state index contributed by atoms with van der Waals surface area (Å²) in [5.41, 5.74) is 0.526. The van der Waals surface area contributed by atoms with Gasteiger partial charge in [-0.25, -0.2) is 0 Å². The molecule has 1 saturated heterocycles. The summed E-state index contributed by atoms with van der Waals surface area (Å²) < 4.78 is 5.07. The predicted molar refractivity (Wildman–Crippen MR) is 86.6 cm³/mol. The Labute approximate surface area is 136 Å². The molecule has 0 aliphatic carbocycles. The van der Waals surface area contributed by atoms with Gasteiger partial charge in [0.2, 0.25) is 0 Å². The van der Waals surface area contributed by atoms with Crippen molar-refractivity contribution in [1.82, 2.24) is 10.2 Å². The standard InChI is InChI=1S/C16H23ClN2O3/c1-22-15-5-4-13(9-14(15)17)16(21)18-6-8-19-7-2-3-12(10-19)11-20/h4-5,9,12,20H,2-3,6-8,10-11H2,1H3,(H,18,21). The molecule has 2 rings (SSSR count). The number of aliphatic hydroxyl groups excluding tert-OH is 1. The summed E-state index contributed by atoms with van der Waals surface area (Å²) in [6, 6.07) is 4.99. The smallest absolute Gasteiger partial charge is 0.251 e. The highest BCUT2D eigenvalue weighted by molar-refractivity contribution is 6.32. The van der Waals surface area contributed by atoms with Crippen molar-refractivity contribution in [3.05, 3.63) is 28.8 Å². The average molecular weight is 327 g/mol. The lowest BCUT2D eigenvalue weighted by Gasteiger charge is -2.31. The monoisotopic (exact) mass is 326 g/mol. The Hall–Kier alpha value is -1.30. The Bertz CT molecular complexity index is 510. The van der Waals surface area contributed by atoms with Crippen LogP contribution >= 0.6 is 11.6 Å². The summed E-state index contributed by atoms with van der Waals surface area (Å²) in [7, 11) is 1.54. The van der Waals surface area contributed by atoms with Crippen molar-refractivity contribution in [3.8, 4) is 5.75 Å². The first kappa shape index (κ1) is 17.1. The molecule has 1 fully saturated rings. The molecule has 0 bridgehead atoms. The highest BCUT2D eigenvalue weighted by atomic mass is 35.5. The number of likely N-dealkylation sites (tertiary alicyclic amines) is 1. The van der Waals surface area contributed by atoms with Crippen LogP contribution in [0.3, 0.4) is 0 Å². The van der Waals surface area contributed by atoms with Crippen molar-refractivity contribution in [2.75, 3.05) is 39.9 Å². The molecule has 1 heterocycles. The molecule has 122 valence electrons. The highest BCUT2D eigenvalue weighted by Crippen LogP contribution is 2.24. The minimum atomic E-state index is -0.139. The molecule has 2 N–H and O–H groups in total. The number of methoxy groups -OCH3 is 1. The van der Waals surface area contributed by atoms with E-state index in [1.165, 1.54) is 0 Å². The van der Waals surface area contributed by atoms with Crippen molar-refractivity contribution in [2.45, 2.75) is 12.8 Å². The lowest BCUT2D eigenvalue weighted by molar-refractivity contribution is 0.0930. The minimum Gasteiger partial charge on any atom is -0.495 e. The van der Waals surface area contributed by atoms with Gasteiger partial charge in [-0.05, 0) is 43.5 Å². The van der Waals surface area contributed by atoms with Crippen LogP contribution in [0, 0.1) is 5.92 Å². The zero-order valence-corrected chi connectivity index (χ0v) is 13.6. The van der Waals surface area contributed by atoms with E-state index in [4.69, 9.17) is 16.3 Å². The molecule has 6 heteroatoms. The van der Waals surface area contributed by atoms with E-state index in [0.717, 1.165) is 32.5 Å². The third-order valence-electron chi connectivity index (χ3n) is 3.99. The number of benzene rings is 1. The largest absolute Gasteiger partial charge is 0.495 e. The molecule has 1 aliphatic rings. The van der Waals surface area contributed by atoms with Gasteiger partial charge in [0, 0.05) is 31.8 Å². The molecule has 0 radical (unpaired) electrons. The number of hydrogen-bond donors (Lipinski definition) is 2. The van der Waals surface area contributed by atoms with Gasteiger partial charge in [0.25, 0.3) is 5.91 Å². The van der Waals surface area contributed by atoms with Crippen LogP contribution in [-0.2, 0) is 0 Å². The van der Waals surface area contributed by atoms with E-state index in [-0.39, 0.29) is 12.5 Å². The topological polar surface area (TPSA) is 61.8 Å². The first-order valence-corrected chi connectivity index (χ1v) is 7.96. The van der Waals surface area contributed by atoms with Crippen LogP contribution in [0.4, 0.5) is 0 Å². The number of amides is 1. The van der Waals surface area contributed by atoms with Gasteiger partial charge in [0.05, 0.1) is 12.1 Å². The van der Waals surface area contributed by atoms with Crippen molar-refractivity contribution >= 4 is 17.5 Å². The van der Waals surface area contributed by atoms with Crippen LogP contribution in [0.5, 0.6) is 5.75 Å². The van der Waals surface area contributed by atoms with E-state index >= 15 is 0 Å². The van der Waals surface area contributed by atoms with E-state index in [1.807, 2.05) is 0 Å². The molecular formula is C16H23ClN2O3. The van der Waals surface area contributed by atoms with E-state index in [2.05, 4.69) is 10.2 Å². The van der Waals surface area contributed by atoms with Crippen molar-refractivity contribution in [3.63, 3.8) is 0 Å². The summed E-state index contributed by atoms with van der Waals surface area (Å²) in [5.74, 6) is 0.784. The van der Waals surface area contributed by atoms with Crippen LogP contribution in [0.2, 0.25) is 5.02 Å². The number of nitrogens with one attached hydrogen (secondary N) is 1. The number of carbonyl (C=O) groups excluding carboxylic acids is 1. The summed E-state index contributed by atoms with van der Waals surface area (Å²) in [6.07, 6.45) is 2.19. The number of aliphatic hydroxyl groups is 1. The van der Waals surface area contributed by atoms with E-state index in [0.29, 0.717) is 28.8 Å². The lowest BCUT2D eigenvalue weighted by atomic mass is 9.99. The number of carbonyl (C=O) groups is 1. The van der Waals surface area contributed by atoms with Crippen LogP contribution in [0.25, 0.3) is 0 Å². The maximum absolute atomic E-state index is 12.1. The van der Waals surface area contributed by atoms with Gasteiger partial charge in [-0.15, -0.1) is 0 Å². The van der Waals surface area contributed by atoms with Gasteiger partial charge < -0.3 is 20.1 Å². The zero-order valence-electron chi connectivity index (χ0n) is 12.8. The summed E-state index contributed by atoms with van der Waals surface area (Å²) in [6.45, 7) is 3.56. The summed E-state index contributed by atoms with van der Waals surface area (Å²) in [5, 5.41) is 12.5. The van der Waals surface area contributed by atoms with Gasteiger partial charge in [0.15, 0.2) is 0 Å². The van der Waals surface area contributed by atoms with Gasteiger partial charge in [0.1, 0.15) is 5.75 Å². The molecule has 1 aromatic carbocycles. The Balaban J connectivity index is 1.79. The Morgan fingerprint density at radius 3 is 3.05 bits per heavy atom. The second-order valence-electron chi connectivity index (χ2n) is 5.60. The number of nitrogens with zero attached hydrogens (tertiary/aromatic N) is 1. The predicted octanol–water partition coefficient (Wildman–Crippen LogP) is 1.78. The third-order valence-corrected chi connectivity index (χ3v) is 4.28. The van der Waals surface area contributed by atoms with Gasteiger partial charge in [-0.3, -0.25) is 4.79 Å². The van der Waals surface area contributed by atoms with Gasteiger partial charge in [-0.1, -0.05) is 11.6 Å². The SMILES string of the molecule is COc1ccc(C(=O)NCCN2CCCC(CO)C2)cc1Cl. The van der Waals surface area contributed by atoms with Crippen molar-refractivity contribution < 1.29 is 14.6 Å². The third kappa shape index (κ3) is 4.60. The van der Waals surface area contributed by atoms with E-state index in [9.17, 15) is 9.90 Å². The van der Waals surface area contributed by atoms with E-state index in [1.54, 1.807) is 25.3 Å². The number of hydrogen-bond acceptors (Lipinski definition) is 4. The molecule has 0 saturated carbocycles. The van der Waals surface area contributed by atoms with Crippen LogP contribution in [0.1, 0.15) is 23.2 Å². The zero-order chi connectivity index (χ0) is 15.9. The highest BCUT2D eigenvalue weighted by Gasteiger charge is 2.18. The average Bonchev–Trinajstić information content (AvgIpc) is 2.54. The lowest BCUT2D eigenvalue weighted by Crippen LogP contribution is -2.41. The number of piperidine rings is 1. The van der Waals surface area contributed by atoms with Gasteiger partial charge in [-0.2, -0.15) is 0 Å². The first-order valence-electron chi connectivity index (χ1n) is 7.59. The Morgan fingerprint density at radius 2 is 2.36 bits per heavy atom. The normalized spacial score (nSPS) is 19.0. The van der Waals surface area contributed by atoms with Gasteiger partial charge >= 0.3 is 0 Å². The maximum atomic E-state index is 12.1. The van der Waals surface area contributed by atoms with Crippen LogP contribution in [0.15, 0.2) is 18.2 Å². The first-order chi connectivity index (χ1) is 10.6. The Kier molecular flexibility index (Phi) is 6.49. The Morgan fingerprint density at radius 1 is 1.55 bits per heavy atom. The fourth-order valence-electron chi connectivity index (χ4n) is 2.74. The number of halogens is 1. The van der Waals surface area contributed by atoms with Crippen LogP contribution < -0.4 is 10.1 Å². The molecule has 1 aliphatic heterocycles. The molecule has 0 spiro atoms. The fourth-order valence-corrected chi connectivity index (χ4v) is 3.00. The fraction of sp³-hybridized carbons (Fsp3) is 0.562. The second-order valence-corrected chi connectivity index (χ2v) is 6.00. The number of ether oxygens (including phenoxy) is 1. The molecule has 1 atom stereocenters. The summed E-state index contributed by atoms with van der Waals surface area (Å²) in [4.78, 5) is 14.4. The van der Waals surface area contributed by atoms with Crippen LogP contribution in [-0.4, -0.2) is 55.8 Å². The molecular weight excluding hydrogens is 304 g/mol. The maximum Gasteiger partial charge on any atom is 0.251 e. The van der Waals surface area contributed by atoms with Crippen molar-refractivity contribution in [2.24, 2.45) is 5.92 Å². The molecule has 5 nitrogen and oxygen atoms in total. The molecule has 1 unspecified atom stereocenters. The molecule has 22 heavy (non-hydrogen) atoms. The molecule has 0 aromatic heterocycles. The quantitative estimate of drug-likeness (QED) is 0.836. The molecule has 1 aromatic rings. The summed E-state index contributed by atoms with van der Waals surface area (Å²) >= 11 is 6.02. The second kappa shape index (κ2) is 8.36. The minimum absolute atomic E-state index is 0.139. The molecule has 1 amide bonds. The van der Waals surface area contributed by atoms with E-state index < -0.39 is 0 Å². The van der Waals surface area contributed by atoms with Crippen molar-refractivity contribution in [1.29, 1.82) is 0 Å².